The minimum absolute atomic E-state index is 0. The minimum Gasteiger partial charge on any atom is -0.357 e. The van der Waals surface area contributed by atoms with Crippen molar-refractivity contribution >= 4 is 35.8 Å². The van der Waals surface area contributed by atoms with Crippen molar-refractivity contribution in [3.8, 4) is 0 Å². The first-order valence-corrected chi connectivity index (χ1v) is 11.0. The summed E-state index contributed by atoms with van der Waals surface area (Å²) in [4.78, 5) is 11.4. The molecule has 1 aliphatic carbocycles. The van der Waals surface area contributed by atoms with E-state index in [2.05, 4.69) is 68.0 Å². The highest BCUT2D eigenvalue weighted by atomic mass is 127. The third kappa shape index (κ3) is 5.45. The van der Waals surface area contributed by atoms with E-state index in [0.29, 0.717) is 0 Å². The van der Waals surface area contributed by atoms with E-state index in [4.69, 9.17) is 0 Å². The number of benzene rings is 1. The van der Waals surface area contributed by atoms with Crippen LogP contribution in [0.2, 0.25) is 0 Å². The first kappa shape index (κ1) is 22.8. The van der Waals surface area contributed by atoms with E-state index < -0.39 is 0 Å². The smallest absolute Gasteiger partial charge is 0.191 e. The summed E-state index contributed by atoms with van der Waals surface area (Å²) in [6.07, 6.45) is 9.55. The second-order valence-electron chi connectivity index (χ2n) is 8.35. The van der Waals surface area contributed by atoms with Crippen molar-refractivity contribution in [3.05, 3.63) is 59.8 Å². The number of aliphatic imine (C=N–C) groups is 1. The van der Waals surface area contributed by atoms with Crippen LogP contribution in [0.3, 0.4) is 0 Å². The number of anilines is 1. The number of nitrogens with one attached hydrogen (secondary N) is 2. The van der Waals surface area contributed by atoms with Gasteiger partial charge in [-0.3, -0.25) is 4.99 Å². The predicted molar refractivity (Wildman–Crippen MR) is 136 cm³/mol. The van der Waals surface area contributed by atoms with Crippen molar-refractivity contribution in [1.29, 1.82) is 0 Å². The highest BCUT2D eigenvalue weighted by molar-refractivity contribution is 14.0. The maximum atomic E-state index is 4.55. The average Bonchev–Trinajstić information content (AvgIpc) is 3.48. The van der Waals surface area contributed by atoms with Gasteiger partial charge in [0.2, 0.25) is 0 Å². The van der Waals surface area contributed by atoms with Gasteiger partial charge in [-0.05, 0) is 48.9 Å². The predicted octanol–water partition coefficient (Wildman–Crippen LogP) is 4.48. The van der Waals surface area contributed by atoms with Crippen molar-refractivity contribution in [3.63, 3.8) is 0 Å². The Balaban J connectivity index is 0.00000256. The molecule has 0 bridgehead atoms. The van der Waals surface area contributed by atoms with Crippen molar-refractivity contribution in [1.82, 2.24) is 15.6 Å². The molecule has 1 aromatic carbocycles. The van der Waals surface area contributed by atoms with Gasteiger partial charge in [0.1, 0.15) is 5.82 Å². The third-order valence-corrected chi connectivity index (χ3v) is 6.46. The number of halogens is 1. The molecular weight excluding hydrogens is 485 g/mol. The van der Waals surface area contributed by atoms with Gasteiger partial charge in [-0.25, -0.2) is 4.98 Å². The Morgan fingerprint density at radius 2 is 1.77 bits per heavy atom. The van der Waals surface area contributed by atoms with Crippen molar-refractivity contribution in [2.75, 3.05) is 31.6 Å². The van der Waals surface area contributed by atoms with Crippen LogP contribution < -0.4 is 15.5 Å². The molecular formula is C24H34IN5. The van der Waals surface area contributed by atoms with E-state index in [-0.39, 0.29) is 29.4 Å². The Kier molecular flexibility index (Phi) is 8.36. The molecule has 0 amide bonds. The van der Waals surface area contributed by atoms with Gasteiger partial charge in [0.15, 0.2) is 5.96 Å². The summed E-state index contributed by atoms with van der Waals surface area (Å²) < 4.78 is 0. The van der Waals surface area contributed by atoms with Gasteiger partial charge >= 0.3 is 0 Å². The maximum Gasteiger partial charge on any atom is 0.191 e. The SMILES string of the molecule is CN=C(NCc1ccnc(N2CCCC2)c1)NCC1(c2ccccc2)CCCC1.I. The lowest BCUT2D eigenvalue weighted by Gasteiger charge is -2.30. The van der Waals surface area contributed by atoms with Crippen LogP contribution in [0.25, 0.3) is 0 Å². The molecule has 30 heavy (non-hydrogen) atoms. The van der Waals surface area contributed by atoms with Crippen LogP contribution in [0.4, 0.5) is 5.82 Å². The molecule has 2 N–H and O–H groups in total. The summed E-state index contributed by atoms with van der Waals surface area (Å²) in [6.45, 7) is 3.91. The van der Waals surface area contributed by atoms with Crippen LogP contribution >= 0.6 is 24.0 Å². The summed E-state index contributed by atoms with van der Waals surface area (Å²) in [7, 11) is 1.85. The number of nitrogens with zero attached hydrogens (tertiary/aromatic N) is 3. The second kappa shape index (κ2) is 11.0. The maximum absolute atomic E-state index is 4.55. The normalized spacial score (nSPS) is 18.2. The monoisotopic (exact) mass is 519 g/mol. The fraction of sp³-hybridized carbons (Fsp3) is 0.500. The molecule has 5 nitrogen and oxygen atoms in total. The highest BCUT2D eigenvalue weighted by Gasteiger charge is 2.35. The number of aromatic nitrogens is 1. The van der Waals surface area contributed by atoms with Gasteiger partial charge in [-0.1, -0.05) is 43.2 Å². The number of guanidine groups is 1. The average molecular weight is 519 g/mol. The zero-order valence-corrected chi connectivity index (χ0v) is 20.3. The molecule has 2 fully saturated rings. The van der Waals surface area contributed by atoms with Gasteiger partial charge in [0.25, 0.3) is 0 Å². The third-order valence-electron chi connectivity index (χ3n) is 6.46. The van der Waals surface area contributed by atoms with Crippen LogP contribution in [-0.2, 0) is 12.0 Å². The molecule has 1 saturated heterocycles. The molecule has 0 radical (unpaired) electrons. The molecule has 0 unspecified atom stereocenters. The number of pyridine rings is 1. The standard InChI is InChI=1S/C24H33N5.HI/c1-25-23(27-18-20-11-14-26-22(17-20)29-15-7-8-16-29)28-19-24(12-5-6-13-24)21-9-3-2-4-10-21;/h2-4,9-11,14,17H,5-8,12-13,15-16,18-19H2,1H3,(H2,25,27,28);1H. The summed E-state index contributed by atoms with van der Waals surface area (Å²) in [5.74, 6) is 1.96. The van der Waals surface area contributed by atoms with E-state index in [1.54, 1.807) is 0 Å². The Hall–Kier alpha value is -1.83. The summed E-state index contributed by atoms with van der Waals surface area (Å²) in [6, 6.07) is 15.3. The summed E-state index contributed by atoms with van der Waals surface area (Å²) in [5.41, 5.74) is 2.91. The van der Waals surface area contributed by atoms with Crippen molar-refractivity contribution in [2.24, 2.45) is 4.99 Å². The first-order valence-electron chi connectivity index (χ1n) is 11.0. The molecule has 1 aromatic heterocycles. The minimum atomic E-state index is 0. The van der Waals surface area contributed by atoms with Gasteiger partial charge in [-0.2, -0.15) is 0 Å². The van der Waals surface area contributed by atoms with Crippen LogP contribution in [0.15, 0.2) is 53.7 Å². The van der Waals surface area contributed by atoms with E-state index >= 15 is 0 Å². The van der Waals surface area contributed by atoms with Gasteiger partial charge in [-0.15, -0.1) is 24.0 Å². The molecule has 1 saturated carbocycles. The number of hydrogen-bond donors (Lipinski definition) is 2. The fourth-order valence-corrected chi connectivity index (χ4v) is 4.76. The molecule has 4 rings (SSSR count). The molecule has 2 aliphatic rings. The van der Waals surface area contributed by atoms with Gasteiger partial charge < -0.3 is 15.5 Å². The lowest BCUT2D eigenvalue weighted by atomic mass is 9.79. The van der Waals surface area contributed by atoms with E-state index in [9.17, 15) is 0 Å². The topological polar surface area (TPSA) is 52.6 Å². The highest BCUT2D eigenvalue weighted by Crippen LogP contribution is 2.40. The fourth-order valence-electron chi connectivity index (χ4n) is 4.76. The van der Waals surface area contributed by atoms with E-state index in [0.717, 1.165) is 38.0 Å². The molecule has 0 spiro atoms. The van der Waals surface area contributed by atoms with Gasteiger partial charge in [0.05, 0.1) is 0 Å². The van der Waals surface area contributed by atoms with E-state index in [1.807, 2.05) is 13.2 Å². The van der Waals surface area contributed by atoms with Crippen LogP contribution in [-0.4, -0.2) is 37.6 Å². The summed E-state index contributed by atoms with van der Waals surface area (Å²) in [5, 5.41) is 7.09. The number of rotatable bonds is 6. The van der Waals surface area contributed by atoms with Crippen LogP contribution in [0.5, 0.6) is 0 Å². The largest absolute Gasteiger partial charge is 0.357 e. The Morgan fingerprint density at radius 3 is 2.47 bits per heavy atom. The zero-order chi connectivity index (χ0) is 19.9. The Morgan fingerprint density at radius 1 is 1.03 bits per heavy atom. The quantitative estimate of drug-likeness (QED) is 0.336. The van der Waals surface area contributed by atoms with Crippen molar-refractivity contribution < 1.29 is 0 Å². The molecule has 1 aliphatic heterocycles. The second-order valence-corrected chi connectivity index (χ2v) is 8.35. The Bertz CT molecular complexity index is 811. The molecule has 6 heteroatoms. The van der Waals surface area contributed by atoms with Crippen molar-refractivity contribution in [2.45, 2.75) is 50.5 Å². The first-order chi connectivity index (χ1) is 14.3. The lowest BCUT2D eigenvalue weighted by Crippen LogP contribution is -2.44. The summed E-state index contributed by atoms with van der Waals surface area (Å²) >= 11 is 0. The lowest BCUT2D eigenvalue weighted by molar-refractivity contribution is 0.431. The number of hydrogen-bond acceptors (Lipinski definition) is 3. The zero-order valence-electron chi connectivity index (χ0n) is 17.9. The van der Waals surface area contributed by atoms with Crippen LogP contribution in [0.1, 0.15) is 49.7 Å². The Labute approximate surface area is 197 Å². The van der Waals surface area contributed by atoms with Gasteiger partial charge in [0, 0.05) is 44.8 Å². The molecule has 2 heterocycles. The van der Waals surface area contributed by atoms with E-state index in [1.165, 1.54) is 49.7 Å². The molecule has 2 aromatic rings. The van der Waals surface area contributed by atoms with Crippen LogP contribution in [0, 0.1) is 0 Å². The molecule has 0 atom stereocenters. The molecule has 162 valence electrons.